The van der Waals surface area contributed by atoms with Crippen molar-refractivity contribution in [3.05, 3.63) is 137 Å². The predicted molar refractivity (Wildman–Crippen MR) is 155 cm³/mol. The van der Waals surface area contributed by atoms with Crippen LogP contribution in [0.25, 0.3) is 17.2 Å². The normalized spacial score (nSPS) is 17.5. The fourth-order valence-corrected chi connectivity index (χ4v) is 4.66. The highest BCUT2D eigenvalue weighted by molar-refractivity contribution is 6.17. The molecule has 1 atom stereocenters. The van der Waals surface area contributed by atoms with Crippen molar-refractivity contribution in [1.82, 2.24) is 0 Å². The van der Waals surface area contributed by atoms with E-state index >= 15 is 0 Å². The summed E-state index contributed by atoms with van der Waals surface area (Å²) in [5, 5.41) is 9.68. The minimum absolute atomic E-state index is 0.0936. The van der Waals surface area contributed by atoms with Crippen molar-refractivity contribution in [2.24, 2.45) is 10.7 Å². The second-order valence-corrected chi connectivity index (χ2v) is 9.99. The third-order valence-corrected chi connectivity index (χ3v) is 6.68. The summed E-state index contributed by atoms with van der Waals surface area (Å²) < 4.78 is 5.65. The van der Waals surface area contributed by atoms with E-state index in [1.165, 1.54) is 0 Å². The van der Waals surface area contributed by atoms with Crippen molar-refractivity contribution in [3.63, 3.8) is 0 Å². The standard InChI is InChI=1S/C34H27N3O3/c1-34(36)20-24-9-7-8-23(16-24)14-15-31(26-10-3-2-4-11-26)37-32(38)29-18-25(22-40-33(34)39)17-28(19-29)30-13-6-5-12-27(30)21-35/h2-19H,20,22,36H2,1H3. The van der Waals surface area contributed by atoms with Gasteiger partial charge in [-0.15, -0.1) is 0 Å². The number of nitrogens with two attached hydrogens (primary N) is 1. The number of benzene rings is 4. The van der Waals surface area contributed by atoms with E-state index in [0.29, 0.717) is 33.5 Å². The molecular weight excluding hydrogens is 498 g/mol. The molecule has 1 heterocycles. The van der Waals surface area contributed by atoms with E-state index in [0.717, 1.165) is 16.7 Å². The number of aliphatic imine (C=N–C) groups is 1. The van der Waals surface area contributed by atoms with Crippen LogP contribution in [0.1, 0.15) is 45.1 Å². The molecule has 6 heteroatoms. The Morgan fingerprint density at radius 3 is 2.38 bits per heavy atom. The van der Waals surface area contributed by atoms with Gasteiger partial charge in [0.1, 0.15) is 12.1 Å². The Labute approximate surface area is 233 Å². The van der Waals surface area contributed by atoms with Crippen LogP contribution in [0.4, 0.5) is 0 Å². The van der Waals surface area contributed by atoms with E-state index in [-0.39, 0.29) is 13.0 Å². The number of hydrogen-bond acceptors (Lipinski definition) is 5. The fourth-order valence-electron chi connectivity index (χ4n) is 4.66. The van der Waals surface area contributed by atoms with Gasteiger partial charge in [0, 0.05) is 17.5 Å². The van der Waals surface area contributed by atoms with Crippen LogP contribution in [0.3, 0.4) is 0 Å². The van der Waals surface area contributed by atoms with E-state index in [1.54, 1.807) is 31.2 Å². The molecular formula is C34H27N3O3. The van der Waals surface area contributed by atoms with Crippen LogP contribution in [-0.4, -0.2) is 23.1 Å². The van der Waals surface area contributed by atoms with Gasteiger partial charge in [0.05, 0.1) is 17.3 Å². The van der Waals surface area contributed by atoms with E-state index in [1.807, 2.05) is 84.9 Å². The molecule has 0 radical (unpaired) electrons. The molecule has 4 aromatic carbocycles. The smallest absolute Gasteiger partial charge is 0.326 e. The first-order valence-electron chi connectivity index (χ1n) is 12.9. The van der Waals surface area contributed by atoms with Crippen LogP contribution in [0, 0.1) is 11.3 Å². The average molecular weight is 526 g/mol. The third-order valence-electron chi connectivity index (χ3n) is 6.68. The molecule has 40 heavy (non-hydrogen) atoms. The fraction of sp³-hybridized carbons (Fsp3) is 0.118. The summed E-state index contributed by atoms with van der Waals surface area (Å²) in [7, 11) is 0. The summed E-state index contributed by atoms with van der Waals surface area (Å²) in [5.41, 5.74) is 10.9. The van der Waals surface area contributed by atoms with E-state index in [4.69, 9.17) is 10.5 Å². The zero-order valence-electron chi connectivity index (χ0n) is 22.0. The Kier molecular flexibility index (Phi) is 7.50. The number of amides is 1. The number of nitrogens with zero attached hydrogens (tertiary/aromatic N) is 2. The van der Waals surface area contributed by atoms with Gasteiger partial charge in [-0.05, 0) is 65.1 Å². The van der Waals surface area contributed by atoms with Gasteiger partial charge in [0.15, 0.2) is 0 Å². The van der Waals surface area contributed by atoms with Crippen molar-refractivity contribution in [1.29, 1.82) is 5.26 Å². The SMILES string of the molecule is CC1(N)Cc2cccc(c2)C=CC(c2ccccc2)=NC(=O)c2cc(cc(-c3ccccc3C#N)c2)COC1=O. The molecule has 0 aliphatic carbocycles. The molecule has 1 unspecified atom stereocenters. The number of carbonyl (C=O) groups excluding carboxylic acids is 2. The first kappa shape index (κ1) is 26.5. The number of carbonyl (C=O) groups is 2. The average Bonchev–Trinajstić information content (AvgIpc) is 2.97. The first-order valence-corrected chi connectivity index (χ1v) is 12.9. The number of nitriles is 1. The van der Waals surface area contributed by atoms with Crippen molar-refractivity contribution in [2.75, 3.05) is 0 Å². The molecule has 6 nitrogen and oxygen atoms in total. The number of rotatable bonds is 2. The Morgan fingerprint density at radius 1 is 0.825 bits per heavy atom. The molecule has 1 aliphatic rings. The van der Waals surface area contributed by atoms with Gasteiger partial charge in [0.2, 0.25) is 0 Å². The topological polar surface area (TPSA) is 106 Å². The molecule has 1 aliphatic heterocycles. The Hall–Kier alpha value is -5.12. The monoisotopic (exact) mass is 525 g/mol. The predicted octanol–water partition coefficient (Wildman–Crippen LogP) is 5.88. The summed E-state index contributed by atoms with van der Waals surface area (Å²) >= 11 is 0. The van der Waals surface area contributed by atoms with Crippen LogP contribution in [0.15, 0.2) is 108 Å². The molecule has 4 aromatic rings. The number of allylic oxidation sites excluding steroid dienone is 1. The molecule has 1 amide bonds. The van der Waals surface area contributed by atoms with Crippen molar-refractivity contribution in [2.45, 2.75) is 25.5 Å². The molecule has 5 rings (SSSR count). The third kappa shape index (κ3) is 5.96. The summed E-state index contributed by atoms with van der Waals surface area (Å²) in [6.07, 6.45) is 3.97. The molecule has 0 spiro atoms. The lowest BCUT2D eigenvalue weighted by molar-refractivity contribution is -0.150. The second kappa shape index (κ2) is 11.3. The maximum Gasteiger partial charge on any atom is 0.326 e. The largest absolute Gasteiger partial charge is 0.459 e. The van der Waals surface area contributed by atoms with Gasteiger partial charge in [0.25, 0.3) is 5.91 Å². The van der Waals surface area contributed by atoms with Crippen LogP contribution in [-0.2, 0) is 22.6 Å². The zero-order chi connectivity index (χ0) is 28.1. The van der Waals surface area contributed by atoms with Crippen LogP contribution >= 0.6 is 0 Å². The van der Waals surface area contributed by atoms with Gasteiger partial charge < -0.3 is 10.5 Å². The zero-order valence-corrected chi connectivity index (χ0v) is 22.0. The molecule has 0 aromatic heterocycles. The lowest BCUT2D eigenvalue weighted by Gasteiger charge is -2.23. The lowest BCUT2D eigenvalue weighted by Crippen LogP contribution is -2.48. The quantitative estimate of drug-likeness (QED) is 0.329. The van der Waals surface area contributed by atoms with E-state index in [9.17, 15) is 14.9 Å². The second-order valence-electron chi connectivity index (χ2n) is 9.99. The molecule has 0 saturated heterocycles. The summed E-state index contributed by atoms with van der Waals surface area (Å²) in [4.78, 5) is 31.2. The maximum atomic E-state index is 13.6. The highest BCUT2D eigenvalue weighted by Gasteiger charge is 2.30. The molecule has 4 bridgehead atoms. The molecule has 2 N–H and O–H groups in total. The van der Waals surface area contributed by atoms with Gasteiger partial charge in [-0.1, -0.05) is 78.9 Å². The number of esters is 1. The minimum Gasteiger partial charge on any atom is -0.459 e. The summed E-state index contributed by atoms with van der Waals surface area (Å²) in [6.45, 7) is 1.55. The van der Waals surface area contributed by atoms with Crippen LogP contribution in [0.5, 0.6) is 0 Å². The van der Waals surface area contributed by atoms with Gasteiger partial charge in [-0.2, -0.15) is 5.26 Å². The van der Waals surface area contributed by atoms with E-state index < -0.39 is 17.4 Å². The Morgan fingerprint density at radius 2 is 1.57 bits per heavy atom. The van der Waals surface area contributed by atoms with Crippen LogP contribution in [0.2, 0.25) is 0 Å². The van der Waals surface area contributed by atoms with Gasteiger partial charge >= 0.3 is 5.97 Å². The van der Waals surface area contributed by atoms with Crippen LogP contribution < -0.4 is 5.73 Å². The minimum atomic E-state index is -1.26. The van der Waals surface area contributed by atoms with Gasteiger partial charge in [-0.25, -0.2) is 4.99 Å². The number of ether oxygens (including phenoxy) is 1. The Bertz CT molecular complexity index is 1700. The van der Waals surface area contributed by atoms with Crippen molar-refractivity contribution >= 4 is 23.7 Å². The molecule has 196 valence electrons. The van der Waals surface area contributed by atoms with E-state index in [2.05, 4.69) is 11.1 Å². The maximum absolute atomic E-state index is 13.6. The highest BCUT2D eigenvalue weighted by atomic mass is 16.5. The Balaban J connectivity index is 1.68. The molecule has 0 saturated carbocycles. The summed E-state index contributed by atoms with van der Waals surface area (Å²) in [6, 6.07) is 31.7. The number of hydrogen-bond donors (Lipinski definition) is 1. The number of fused-ring (bicyclic) bond motifs is 4. The first-order chi connectivity index (χ1) is 19.3. The van der Waals surface area contributed by atoms with Crippen molar-refractivity contribution < 1.29 is 14.3 Å². The molecule has 0 fully saturated rings. The lowest BCUT2D eigenvalue weighted by atomic mass is 9.93. The number of cyclic esters (lactones) is 1. The van der Waals surface area contributed by atoms with Crippen molar-refractivity contribution in [3.8, 4) is 17.2 Å². The highest BCUT2D eigenvalue weighted by Crippen LogP contribution is 2.27. The summed E-state index contributed by atoms with van der Waals surface area (Å²) in [5.74, 6) is -1.02. The van der Waals surface area contributed by atoms with Gasteiger partial charge in [-0.3, -0.25) is 9.59 Å².